The highest BCUT2D eigenvalue weighted by molar-refractivity contribution is 5.41. The second-order valence-electron chi connectivity index (χ2n) is 4.44. The van der Waals surface area contributed by atoms with Crippen LogP contribution >= 0.6 is 0 Å². The molecule has 1 fully saturated rings. The van der Waals surface area contributed by atoms with Crippen molar-refractivity contribution < 1.29 is 0 Å². The third kappa shape index (κ3) is 0.972. The van der Waals surface area contributed by atoms with Gasteiger partial charge in [-0.05, 0) is 61.5 Å². The summed E-state index contributed by atoms with van der Waals surface area (Å²) >= 11 is 0. The van der Waals surface area contributed by atoms with Gasteiger partial charge in [-0.25, -0.2) is 0 Å². The van der Waals surface area contributed by atoms with E-state index in [0.29, 0.717) is 0 Å². The van der Waals surface area contributed by atoms with Crippen molar-refractivity contribution in [3.05, 3.63) is 23.3 Å². The lowest BCUT2D eigenvalue weighted by Gasteiger charge is -2.22. The number of fused-ring (bicyclic) bond motifs is 1. The standard InChI is InChI=1S/C12H16/c1-3-9-4-2-6-12(10-7-8-10)11(9)5-1/h5-6,9-10H,1-4,7-8H2. The van der Waals surface area contributed by atoms with Crippen LogP contribution in [0.4, 0.5) is 0 Å². The minimum Gasteiger partial charge on any atom is -0.0807 e. The van der Waals surface area contributed by atoms with Gasteiger partial charge in [-0.2, -0.15) is 0 Å². The van der Waals surface area contributed by atoms with E-state index in [2.05, 4.69) is 12.2 Å². The average Bonchev–Trinajstić information content (AvgIpc) is 2.82. The summed E-state index contributed by atoms with van der Waals surface area (Å²) in [6.45, 7) is 0. The third-order valence-electron chi connectivity index (χ3n) is 3.55. The third-order valence-corrected chi connectivity index (χ3v) is 3.55. The van der Waals surface area contributed by atoms with Gasteiger partial charge in [0.25, 0.3) is 0 Å². The SMILES string of the molecule is C1=C2C(C3CC3)=CCCC2CC1. The van der Waals surface area contributed by atoms with E-state index in [-0.39, 0.29) is 0 Å². The molecule has 0 atom stereocenters. The van der Waals surface area contributed by atoms with Crippen molar-refractivity contribution in [1.29, 1.82) is 0 Å². The summed E-state index contributed by atoms with van der Waals surface area (Å²) < 4.78 is 0. The summed E-state index contributed by atoms with van der Waals surface area (Å²) in [5.74, 6) is 1.95. The zero-order valence-corrected chi connectivity index (χ0v) is 7.55. The van der Waals surface area contributed by atoms with Crippen LogP contribution in [0.2, 0.25) is 0 Å². The largest absolute Gasteiger partial charge is 0.0807 e. The number of hydrogen-bond donors (Lipinski definition) is 0. The van der Waals surface area contributed by atoms with Crippen molar-refractivity contribution in [1.82, 2.24) is 0 Å². The fourth-order valence-corrected chi connectivity index (χ4v) is 2.77. The Morgan fingerprint density at radius 1 is 0.750 bits per heavy atom. The monoisotopic (exact) mass is 160 g/mol. The first-order valence-electron chi connectivity index (χ1n) is 5.35. The van der Waals surface area contributed by atoms with Crippen molar-refractivity contribution in [2.24, 2.45) is 11.8 Å². The first kappa shape index (κ1) is 6.94. The molecular formula is C12H16. The summed E-state index contributed by atoms with van der Waals surface area (Å²) in [4.78, 5) is 0. The molecule has 0 unspecified atom stereocenters. The molecular weight excluding hydrogens is 144 g/mol. The minimum atomic E-state index is 0.964. The molecule has 0 spiro atoms. The molecule has 0 amide bonds. The molecule has 64 valence electrons. The molecule has 0 aromatic rings. The molecule has 0 nitrogen and oxygen atoms in total. The number of rotatable bonds is 1. The minimum absolute atomic E-state index is 0.964. The first-order valence-corrected chi connectivity index (χ1v) is 5.35. The van der Waals surface area contributed by atoms with Gasteiger partial charge >= 0.3 is 0 Å². The number of allylic oxidation sites excluding steroid dienone is 4. The Bertz CT molecular complexity index is 253. The highest BCUT2D eigenvalue weighted by atomic mass is 14.4. The van der Waals surface area contributed by atoms with E-state index in [4.69, 9.17) is 0 Å². The van der Waals surface area contributed by atoms with Crippen LogP contribution in [0.3, 0.4) is 0 Å². The van der Waals surface area contributed by atoms with Crippen LogP contribution in [0.1, 0.15) is 38.5 Å². The number of hydrogen-bond acceptors (Lipinski definition) is 0. The molecule has 0 aliphatic heterocycles. The van der Waals surface area contributed by atoms with Crippen molar-refractivity contribution >= 4 is 0 Å². The second-order valence-corrected chi connectivity index (χ2v) is 4.44. The molecule has 0 heteroatoms. The fourth-order valence-electron chi connectivity index (χ4n) is 2.77. The lowest BCUT2D eigenvalue weighted by molar-refractivity contribution is 0.542. The van der Waals surface area contributed by atoms with E-state index < -0.39 is 0 Å². The van der Waals surface area contributed by atoms with Crippen LogP contribution in [0.25, 0.3) is 0 Å². The van der Waals surface area contributed by atoms with Crippen LogP contribution < -0.4 is 0 Å². The summed E-state index contributed by atoms with van der Waals surface area (Å²) in [7, 11) is 0. The normalized spacial score (nSPS) is 34.2. The van der Waals surface area contributed by atoms with Crippen molar-refractivity contribution in [2.45, 2.75) is 38.5 Å². The van der Waals surface area contributed by atoms with Gasteiger partial charge in [0.1, 0.15) is 0 Å². The maximum atomic E-state index is 2.52. The Hall–Kier alpha value is -0.520. The van der Waals surface area contributed by atoms with Gasteiger partial charge in [-0.1, -0.05) is 12.2 Å². The predicted octanol–water partition coefficient (Wildman–Crippen LogP) is 3.45. The highest BCUT2D eigenvalue weighted by Gasteiger charge is 2.33. The van der Waals surface area contributed by atoms with Crippen LogP contribution in [0.15, 0.2) is 23.3 Å². The summed E-state index contributed by atoms with van der Waals surface area (Å²) in [5.41, 5.74) is 3.51. The van der Waals surface area contributed by atoms with Crippen molar-refractivity contribution in [3.63, 3.8) is 0 Å². The first-order chi connectivity index (χ1) is 5.95. The zero-order chi connectivity index (χ0) is 7.97. The predicted molar refractivity (Wildman–Crippen MR) is 50.8 cm³/mol. The van der Waals surface area contributed by atoms with E-state index in [1.165, 1.54) is 38.5 Å². The van der Waals surface area contributed by atoms with Crippen molar-refractivity contribution in [3.8, 4) is 0 Å². The molecule has 0 radical (unpaired) electrons. The quantitative estimate of drug-likeness (QED) is 0.551. The molecule has 0 heterocycles. The van der Waals surface area contributed by atoms with Gasteiger partial charge in [-0.15, -0.1) is 0 Å². The Morgan fingerprint density at radius 2 is 1.25 bits per heavy atom. The summed E-state index contributed by atoms with van der Waals surface area (Å²) in [6, 6.07) is 0. The molecule has 3 rings (SSSR count). The molecule has 0 bridgehead atoms. The van der Waals surface area contributed by atoms with E-state index in [1.807, 2.05) is 0 Å². The van der Waals surface area contributed by atoms with Gasteiger partial charge < -0.3 is 0 Å². The van der Waals surface area contributed by atoms with Gasteiger partial charge in [0, 0.05) is 0 Å². The molecule has 3 aliphatic carbocycles. The van der Waals surface area contributed by atoms with Gasteiger partial charge in [-0.3, -0.25) is 0 Å². The molecule has 0 aromatic carbocycles. The fraction of sp³-hybridized carbons (Fsp3) is 0.667. The zero-order valence-electron chi connectivity index (χ0n) is 7.55. The Labute approximate surface area is 74.4 Å². The van der Waals surface area contributed by atoms with Crippen molar-refractivity contribution in [2.75, 3.05) is 0 Å². The summed E-state index contributed by atoms with van der Waals surface area (Å²) in [6.07, 6.45) is 13.5. The topological polar surface area (TPSA) is 0 Å². The van der Waals surface area contributed by atoms with E-state index in [1.54, 1.807) is 11.1 Å². The highest BCUT2D eigenvalue weighted by Crippen LogP contribution is 2.48. The van der Waals surface area contributed by atoms with Crippen LogP contribution in [0.5, 0.6) is 0 Å². The summed E-state index contributed by atoms with van der Waals surface area (Å²) in [5, 5.41) is 0. The molecule has 1 saturated carbocycles. The second kappa shape index (κ2) is 2.48. The molecule has 0 saturated heterocycles. The van der Waals surface area contributed by atoms with Crippen LogP contribution in [0, 0.1) is 11.8 Å². The lowest BCUT2D eigenvalue weighted by atomic mass is 9.83. The van der Waals surface area contributed by atoms with E-state index in [9.17, 15) is 0 Å². The lowest BCUT2D eigenvalue weighted by Crippen LogP contribution is -2.07. The van der Waals surface area contributed by atoms with Gasteiger partial charge in [0.15, 0.2) is 0 Å². The molecule has 3 aliphatic rings. The van der Waals surface area contributed by atoms with Gasteiger partial charge in [0.05, 0.1) is 0 Å². The maximum Gasteiger partial charge on any atom is -0.0157 e. The van der Waals surface area contributed by atoms with E-state index in [0.717, 1.165) is 11.8 Å². The van der Waals surface area contributed by atoms with E-state index >= 15 is 0 Å². The molecule has 0 N–H and O–H groups in total. The van der Waals surface area contributed by atoms with Gasteiger partial charge in [0.2, 0.25) is 0 Å². The Morgan fingerprint density at radius 3 is 1.75 bits per heavy atom. The Kier molecular flexibility index (Phi) is 1.44. The molecule has 12 heavy (non-hydrogen) atoms. The van der Waals surface area contributed by atoms with Crippen LogP contribution in [-0.2, 0) is 0 Å². The maximum absolute atomic E-state index is 2.52. The smallest absolute Gasteiger partial charge is 0.0157 e. The Balaban J connectivity index is 1.93. The average molecular weight is 160 g/mol. The van der Waals surface area contributed by atoms with Crippen LogP contribution in [-0.4, -0.2) is 0 Å². The molecule has 0 aromatic heterocycles.